The fraction of sp³-hybridized carbons (Fsp3) is 0.286. The second-order valence-electron chi connectivity index (χ2n) is 6.69. The molecular formula is C21H24N4O3S. The summed E-state index contributed by atoms with van der Waals surface area (Å²) in [5.74, 6) is 0.437. The van der Waals surface area contributed by atoms with Gasteiger partial charge in [-0.05, 0) is 47.9 Å². The Kier molecular flexibility index (Phi) is 7.40. The maximum absolute atomic E-state index is 12.2. The number of nitrogens with one attached hydrogen (secondary N) is 2. The van der Waals surface area contributed by atoms with Gasteiger partial charge in [-0.25, -0.2) is 0 Å². The Balaban J connectivity index is 1.38. The molecule has 1 aromatic carbocycles. The van der Waals surface area contributed by atoms with Crippen LogP contribution in [0, 0.1) is 0 Å². The maximum Gasteiger partial charge on any atom is 0.241 e. The number of aromatic nitrogens is 2. The number of hydrogen-bond acceptors (Lipinski definition) is 5. The zero-order chi connectivity index (χ0) is 20.5. The number of benzene rings is 1. The molecule has 0 bridgehead atoms. The van der Waals surface area contributed by atoms with Crippen LogP contribution in [-0.2, 0) is 22.6 Å². The molecule has 1 atom stereocenters. The second-order valence-corrected chi connectivity index (χ2v) is 7.47. The van der Waals surface area contributed by atoms with Gasteiger partial charge < -0.3 is 15.4 Å². The van der Waals surface area contributed by atoms with Crippen LogP contribution >= 0.6 is 11.3 Å². The van der Waals surface area contributed by atoms with Gasteiger partial charge >= 0.3 is 0 Å². The third kappa shape index (κ3) is 7.08. The lowest BCUT2D eigenvalue weighted by Gasteiger charge is -2.13. The van der Waals surface area contributed by atoms with E-state index >= 15 is 0 Å². The van der Waals surface area contributed by atoms with Crippen LogP contribution in [0.15, 0.2) is 59.6 Å². The Hall–Kier alpha value is -3.13. The molecule has 3 aromatic rings. The normalized spacial score (nSPS) is 11.6. The van der Waals surface area contributed by atoms with Crippen molar-refractivity contribution in [1.29, 1.82) is 0 Å². The molecule has 3 rings (SSSR count). The molecule has 7 nitrogen and oxygen atoms in total. The second kappa shape index (κ2) is 10.4. The van der Waals surface area contributed by atoms with Crippen molar-refractivity contribution in [1.82, 2.24) is 15.1 Å². The number of anilines is 1. The van der Waals surface area contributed by atoms with Crippen molar-refractivity contribution >= 4 is 28.8 Å². The summed E-state index contributed by atoms with van der Waals surface area (Å²) in [5, 5.41) is 14.0. The third-order valence-electron chi connectivity index (χ3n) is 4.09. The molecule has 8 heteroatoms. The number of hydrogen-bond donors (Lipinski definition) is 2. The van der Waals surface area contributed by atoms with Crippen molar-refractivity contribution in [3.63, 3.8) is 0 Å². The predicted octanol–water partition coefficient (Wildman–Crippen LogP) is 3.10. The van der Waals surface area contributed by atoms with Crippen LogP contribution in [-0.4, -0.2) is 34.2 Å². The molecular weight excluding hydrogens is 388 g/mol. The summed E-state index contributed by atoms with van der Waals surface area (Å²) in [6, 6.07) is 11.4. The Morgan fingerprint density at radius 3 is 2.79 bits per heavy atom. The van der Waals surface area contributed by atoms with E-state index in [1.54, 1.807) is 17.5 Å². The molecule has 0 fully saturated rings. The van der Waals surface area contributed by atoms with Gasteiger partial charge in [-0.3, -0.25) is 14.3 Å². The smallest absolute Gasteiger partial charge is 0.241 e. The first-order valence-corrected chi connectivity index (χ1v) is 10.3. The summed E-state index contributed by atoms with van der Waals surface area (Å²) < 4.78 is 7.02. The zero-order valence-corrected chi connectivity index (χ0v) is 17.0. The van der Waals surface area contributed by atoms with E-state index in [1.165, 1.54) is 16.4 Å². The van der Waals surface area contributed by atoms with Gasteiger partial charge in [0.25, 0.3) is 0 Å². The Morgan fingerprint density at radius 2 is 2.03 bits per heavy atom. The number of para-hydroxylation sites is 1. The van der Waals surface area contributed by atoms with Crippen LogP contribution in [0.4, 0.5) is 5.69 Å². The van der Waals surface area contributed by atoms with Crippen LogP contribution in [0.5, 0.6) is 5.75 Å². The Morgan fingerprint density at radius 1 is 1.21 bits per heavy atom. The molecule has 2 amide bonds. The number of rotatable bonds is 10. The van der Waals surface area contributed by atoms with E-state index in [0.717, 1.165) is 12.2 Å². The topological polar surface area (TPSA) is 85.2 Å². The first kappa shape index (κ1) is 20.6. The Labute approximate surface area is 173 Å². The molecule has 152 valence electrons. The minimum Gasteiger partial charge on any atom is -0.493 e. The highest BCUT2D eigenvalue weighted by Gasteiger charge is 2.11. The molecule has 0 aliphatic heterocycles. The fourth-order valence-corrected chi connectivity index (χ4v) is 3.48. The fourth-order valence-electron chi connectivity index (χ4n) is 2.80. The number of thiophene rings is 1. The number of carbonyl (C=O) groups is 2. The van der Waals surface area contributed by atoms with Gasteiger partial charge in [0.15, 0.2) is 0 Å². The van der Waals surface area contributed by atoms with E-state index < -0.39 is 0 Å². The van der Waals surface area contributed by atoms with Crippen LogP contribution in [0.2, 0.25) is 0 Å². The lowest BCUT2D eigenvalue weighted by molar-refractivity contribution is -0.122. The van der Waals surface area contributed by atoms with Crippen molar-refractivity contribution < 1.29 is 14.3 Å². The van der Waals surface area contributed by atoms with Crippen molar-refractivity contribution in [2.45, 2.75) is 32.4 Å². The monoisotopic (exact) mass is 412 g/mol. The Bertz CT molecular complexity index is 909. The summed E-state index contributed by atoms with van der Waals surface area (Å²) in [4.78, 5) is 24.2. The minimum absolute atomic E-state index is 0.0384. The number of nitrogens with zero attached hydrogens (tertiary/aromatic N) is 2. The van der Waals surface area contributed by atoms with Gasteiger partial charge in [-0.1, -0.05) is 18.2 Å². The van der Waals surface area contributed by atoms with Gasteiger partial charge in [0.05, 0.1) is 24.9 Å². The number of carbonyl (C=O) groups excluding carboxylic acids is 2. The molecule has 2 N–H and O–H groups in total. The molecule has 0 saturated heterocycles. The molecule has 0 radical (unpaired) electrons. The molecule has 0 aliphatic carbocycles. The zero-order valence-electron chi connectivity index (χ0n) is 16.2. The van der Waals surface area contributed by atoms with Crippen molar-refractivity contribution in [2.24, 2.45) is 0 Å². The average molecular weight is 413 g/mol. The van der Waals surface area contributed by atoms with Gasteiger partial charge in [0.2, 0.25) is 11.8 Å². The highest BCUT2D eigenvalue weighted by molar-refractivity contribution is 7.07. The summed E-state index contributed by atoms with van der Waals surface area (Å²) >= 11 is 1.65. The maximum atomic E-state index is 12.2. The SMILES string of the molecule is CC(Cc1ccsc1)NC(=O)Cn1cc(NC(=O)CCOc2ccccc2)cn1. The highest BCUT2D eigenvalue weighted by atomic mass is 32.1. The van der Waals surface area contributed by atoms with E-state index in [9.17, 15) is 9.59 Å². The van der Waals surface area contributed by atoms with E-state index in [0.29, 0.717) is 5.69 Å². The summed E-state index contributed by atoms with van der Waals surface area (Å²) in [7, 11) is 0. The summed E-state index contributed by atoms with van der Waals surface area (Å²) in [5.41, 5.74) is 1.76. The molecule has 0 spiro atoms. The molecule has 2 aromatic heterocycles. The van der Waals surface area contributed by atoms with Gasteiger partial charge in [-0.2, -0.15) is 16.4 Å². The molecule has 1 unspecified atom stereocenters. The van der Waals surface area contributed by atoms with Gasteiger partial charge in [0.1, 0.15) is 12.3 Å². The van der Waals surface area contributed by atoms with Crippen molar-refractivity contribution in [3.05, 3.63) is 65.1 Å². The van der Waals surface area contributed by atoms with E-state index in [-0.39, 0.29) is 37.4 Å². The van der Waals surface area contributed by atoms with E-state index in [2.05, 4.69) is 27.2 Å². The van der Waals surface area contributed by atoms with Crippen LogP contribution in [0.1, 0.15) is 18.9 Å². The third-order valence-corrected chi connectivity index (χ3v) is 4.83. The first-order valence-electron chi connectivity index (χ1n) is 9.39. The standard InChI is InChI=1S/C21H24N4O3S/c1-16(11-17-8-10-29-15-17)23-21(27)14-25-13-18(12-22-25)24-20(26)7-9-28-19-5-3-2-4-6-19/h2-6,8,10,12-13,15-16H,7,9,11,14H2,1H3,(H,23,27)(H,24,26). The highest BCUT2D eigenvalue weighted by Crippen LogP contribution is 2.10. The molecule has 2 heterocycles. The average Bonchev–Trinajstić information content (AvgIpc) is 3.34. The quantitative estimate of drug-likeness (QED) is 0.536. The lowest BCUT2D eigenvalue weighted by Crippen LogP contribution is -2.36. The summed E-state index contributed by atoms with van der Waals surface area (Å²) in [6.07, 6.45) is 4.18. The lowest BCUT2D eigenvalue weighted by atomic mass is 10.1. The predicted molar refractivity (Wildman–Crippen MR) is 113 cm³/mol. The number of amides is 2. The van der Waals surface area contributed by atoms with Crippen LogP contribution < -0.4 is 15.4 Å². The summed E-state index contributed by atoms with van der Waals surface area (Å²) in [6.45, 7) is 2.36. The van der Waals surface area contributed by atoms with E-state index in [4.69, 9.17) is 4.74 Å². The molecule has 29 heavy (non-hydrogen) atoms. The van der Waals surface area contributed by atoms with Gasteiger partial charge in [-0.15, -0.1) is 0 Å². The minimum atomic E-state index is -0.172. The molecule has 0 aliphatic rings. The number of ether oxygens (including phenoxy) is 1. The van der Waals surface area contributed by atoms with Crippen molar-refractivity contribution in [2.75, 3.05) is 11.9 Å². The van der Waals surface area contributed by atoms with E-state index in [1.807, 2.05) is 42.6 Å². The van der Waals surface area contributed by atoms with Crippen molar-refractivity contribution in [3.8, 4) is 5.75 Å². The van der Waals surface area contributed by atoms with Crippen LogP contribution in [0.25, 0.3) is 0 Å². The van der Waals surface area contributed by atoms with Gasteiger partial charge in [0, 0.05) is 12.2 Å². The molecule has 0 saturated carbocycles. The first-order chi connectivity index (χ1) is 14.1. The van der Waals surface area contributed by atoms with Crippen LogP contribution in [0.3, 0.4) is 0 Å². The largest absolute Gasteiger partial charge is 0.493 e.